The Morgan fingerprint density at radius 3 is 1.60 bits per heavy atom. The van der Waals surface area contributed by atoms with Crippen molar-refractivity contribution in [2.75, 3.05) is 55.8 Å². The van der Waals surface area contributed by atoms with Crippen LogP contribution in [-0.4, -0.2) is 213 Å². The summed E-state index contributed by atoms with van der Waals surface area (Å²) in [7, 11) is 0. The minimum atomic E-state index is -1.77. The number of nitro groups is 2. The molecule has 0 spiro atoms. The number of benzene rings is 2. The van der Waals surface area contributed by atoms with Crippen molar-refractivity contribution in [2.45, 2.75) is 165 Å². The number of nitro benzene ring substituents is 2. The van der Waals surface area contributed by atoms with E-state index < -0.39 is 191 Å². The van der Waals surface area contributed by atoms with E-state index in [0.29, 0.717) is 6.42 Å². The van der Waals surface area contributed by atoms with Crippen LogP contribution >= 0.6 is 11.8 Å². The molecule has 24 N–H and O–H groups in total. The number of nitrogens with two attached hydrogens (primary N) is 6. The molecule has 3 rings (SSSR count). The summed E-state index contributed by atoms with van der Waals surface area (Å²) in [6.07, 6.45) is -1.62. The van der Waals surface area contributed by atoms with Crippen LogP contribution in [-0.2, 0) is 57.5 Å². The lowest BCUT2D eigenvalue weighted by atomic mass is 9.96. The molecule has 40 nitrogen and oxygen atoms in total. The highest BCUT2D eigenvalue weighted by molar-refractivity contribution is 7.98. The number of thioether (sulfide) groups is 1. The monoisotopic (exact) mass is 1460 g/mol. The van der Waals surface area contributed by atoms with Gasteiger partial charge in [0, 0.05) is 63.7 Å². The van der Waals surface area contributed by atoms with Crippen LogP contribution in [0, 0.1) is 26.1 Å². The van der Waals surface area contributed by atoms with Crippen LogP contribution in [0.4, 0.5) is 22.7 Å². The van der Waals surface area contributed by atoms with E-state index in [1.54, 1.807) is 32.2 Å². The molecule has 0 saturated carbocycles. The molecule has 0 aromatic heterocycles. The summed E-state index contributed by atoms with van der Waals surface area (Å²) in [5.74, 6) is -14.1. The smallest absolute Gasteiger partial charge is 0.303 e. The average Bonchev–Trinajstić information content (AvgIpc) is 1.52. The van der Waals surface area contributed by atoms with Gasteiger partial charge in [-0.1, -0.05) is 32.4 Å². The van der Waals surface area contributed by atoms with Crippen LogP contribution < -0.4 is 87.6 Å². The fourth-order valence-corrected chi connectivity index (χ4v) is 10.8. The van der Waals surface area contributed by atoms with E-state index in [1.165, 1.54) is 35.7 Å². The number of guanidine groups is 2. The number of aliphatic carboxylic acids is 2. The first-order valence-electron chi connectivity index (χ1n) is 32.5. The highest BCUT2D eigenvalue weighted by atomic mass is 32.2. The van der Waals surface area contributed by atoms with Gasteiger partial charge in [0.25, 0.3) is 17.3 Å². The standard InChI is InChI=1S/C61H93N21O19S/c1-5-32(2)49(79-56(94)42(20-23-48(86)87)76-54(92)41(19-22-47(84)85)77-57(95)44-15-10-29-80(44)59(97)33(3)72-50(88)35-11-6-7-12-36(35)62)58(96)78-43(24-30-102-4)55(93)74-38(13-8-25-70-60(64)65)52(90)73-39(14-9-26-71-61(66)67)53(91)75-40(18-21-46(63)83)51(89)69-28-27-68-37-17-16-34(81(98)99)31-45(37)82(100)101/h6-7,11-12,16-17,31-33,38-44,49,68H,5,8-10,13-15,18-30,62H2,1-4H3,(H2,63,83)(H,69,89)(H,72,88)(H,73,90)(H,74,93)(H,75,91)(H,76,92)(H,77,95)(H,78,96)(H,79,94)(H,84,85)(H,86,87)(H4,64,65,70)(H4,66,67,71)/t32-,33-,38-,39-,40-,41-,42-,43-,44-,49-/m0/s1. The van der Waals surface area contributed by atoms with Gasteiger partial charge in [0.1, 0.15) is 60.1 Å². The summed E-state index contributed by atoms with van der Waals surface area (Å²) in [5.41, 5.74) is 32.4. The number of carbonyl (C=O) groups excluding carboxylic acids is 11. The van der Waals surface area contributed by atoms with Crippen LogP contribution in [0.25, 0.3) is 0 Å². The van der Waals surface area contributed by atoms with Crippen molar-refractivity contribution >= 4 is 123 Å². The number of carboxylic acid groups (broad SMARTS) is 2. The normalized spacial score (nSPS) is 15.0. The van der Waals surface area contributed by atoms with E-state index in [0.717, 1.165) is 18.2 Å². The summed E-state index contributed by atoms with van der Waals surface area (Å²) in [5, 5.41) is 67.8. The number of non-ortho nitro benzene ring substituents is 1. The zero-order valence-corrected chi connectivity index (χ0v) is 57.7. The summed E-state index contributed by atoms with van der Waals surface area (Å²) < 4.78 is 0. The number of hydrogen-bond acceptors (Lipinski definition) is 22. The molecule has 2 aromatic rings. The van der Waals surface area contributed by atoms with E-state index >= 15 is 0 Å². The van der Waals surface area contributed by atoms with Crippen molar-refractivity contribution in [2.24, 2.45) is 44.6 Å². The summed E-state index contributed by atoms with van der Waals surface area (Å²) in [6.45, 7) is 4.08. The van der Waals surface area contributed by atoms with Gasteiger partial charge in [-0.15, -0.1) is 0 Å². The average molecular weight is 1460 g/mol. The third-order valence-electron chi connectivity index (χ3n) is 16.0. The van der Waals surface area contributed by atoms with E-state index in [1.807, 2.05) is 0 Å². The lowest BCUT2D eigenvalue weighted by Gasteiger charge is -2.30. The predicted octanol–water partition coefficient (Wildman–Crippen LogP) is -3.28. The van der Waals surface area contributed by atoms with Gasteiger partial charge in [-0.05, 0) is 107 Å². The van der Waals surface area contributed by atoms with E-state index in [-0.39, 0.29) is 119 Å². The Bertz CT molecular complexity index is 3390. The number of amides is 11. The zero-order chi connectivity index (χ0) is 76.3. The SMILES string of the molecule is CC[C@H](C)[C@H](NC(=O)[C@H](CCC(=O)O)NC(=O)[C@H](CCC(=O)O)NC(=O)[C@@H]1CCCN1C(=O)[C@H](C)NC(=O)c1ccccc1N)C(=O)N[C@@H](CCSC)C(=O)N[C@@H](CCCN=C(N)N)C(=O)N[C@@H](CCCN=C(N)N)C(=O)N[C@@H](CCC(N)=O)C(=O)NCCNc1ccc([N+](=O)[O-])cc1[N+](=O)[O-]. The number of rotatable bonds is 46. The second-order valence-electron chi connectivity index (χ2n) is 23.7. The Morgan fingerprint density at radius 2 is 1.11 bits per heavy atom. The number of para-hydroxylation sites is 1. The molecule has 102 heavy (non-hydrogen) atoms. The summed E-state index contributed by atoms with van der Waals surface area (Å²) in [4.78, 5) is 207. The van der Waals surface area contributed by atoms with Crippen molar-refractivity contribution in [1.82, 2.24) is 52.8 Å². The molecule has 1 saturated heterocycles. The van der Waals surface area contributed by atoms with Crippen LogP contribution in [0.15, 0.2) is 52.4 Å². The van der Waals surface area contributed by atoms with Crippen LogP contribution in [0.3, 0.4) is 0 Å². The molecule has 2 aromatic carbocycles. The molecular formula is C61H93N21O19S. The first-order chi connectivity index (χ1) is 48.2. The minimum absolute atomic E-state index is 0.0176. The van der Waals surface area contributed by atoms with Crippen LogP contribution in [0.1, 0.15) is 121 Å². The molecule has 1 heterocycles. The van der Waals surface area contributed by atoms with Gasteiger partial charge >= 0.3 is 11.9 Å². The molecule has 0 radical (unpaired) electrons. The quantitative estimate of drug-likeness (QED) is 0.00772. The maximum atomic E-state index is 14.6. The topological polar surface area (TPSA) is 653 Å². The third kappa shape index (κ3) is 29.3. The van der Waals surface area contributed by atoms with Crippen LogP contribution in [0.5, 0.6) is 0 Å². The van der Waals surface area contributed by atoms with Crippen molar-refractivity contribution < 1.29 is 82.4 Å². The zero-order valence-electron chi connectivity index (χ0n) is 56.9. The molecule has 0 unspecified atom stereocenters. The Hall–Kier alpha value is -11.2. The molecule has 562 valence electrons. The van der Waals surface area contributed by atoms with Gasteiger partial charge < -0.3 is 103 Å². The third-order valence-corrected chi connectivity index (χ3v) is 16.6. The highest BCUT2D eigenvalue weighted by Gasteiger charge is 2.40. The van der Waals surface area contributed by atoms with Crippen molar-refractivity contribution in [3.05, 3.63) is 68.3 Å². The van der Waals surface area contributed by atoms with Crippen molar-refractivity contribution in [1.29, 1.82) is 0 Å². The first kappa shape index (κ1) is 85.1. The number of hydrogen-bond donors (Lipinski definition) is 18. The summed E-state index contributed by atoms with van der Waals surface area (Å²) in [6, 6.07) is -4.46. The largest absolute Gasteiger partial charge is 0.481 e. The number of anilines is 2. The maximum Gasteiger partial charge on any atom is 0.303 e. The lowest BCUT2D eigenvalue weighted by molar-refractivity contribution is -0.393. The predicted molar refractivity (Wildman–Crippen MR) is 372 cm³/mol. The number of carboxylic acids is 2. The Kier molecular flexibility index (Phi) is 36.2. The fourth-order valence-electron chi connectivity index (χ4n) is 10.3. The van der Waals surface area contributed by atoms with E-state index in [2.05, 4.69) is 63.2 Å². The van der Waals surface area contributed by atoms with Gasteiger partial charge in [-0.2, -0.15) is 11.8 Å². The van der Waals surface area contributed by atoms with Gasteiger partial charge in [0.15, 0.2) is 11.9 Å². The number of nitrogens with zero attached hydrogens (tertiary/aromatic N) is 5. The molecule has 1 aliphatic rings. The first-order valence-corrected chi connectivity index (χ1v) is 33.9. The number of aliphatic imine (C=N–C) groups is 2. The Balaban J connectivity index is 1.92. The number of likely N-dealkylation sites (tertiary alicyclic amines) is 1. The molecule has 1 fully saturated rings. The Labute approximate surface area is 590 Å². The number of carbonyl (C=O) groups is 13. The number of nitrogen functional groups attached to an aromatic ring is 1. The molecule has 11 amide bonds. The highest BCUT2D eigenvalue weighted by Crippen LogP contribution is 2.29. The minimum Gasteiger partial charge on any atom is -0.481 e. The number of primary amides is 1. The second kappa shape index (κ2) is 43.4. The van der Waals surface area contributed by atoms with E-state index in [9.17, 15) is 92.8 Å². The van der Waals surface area contributed by atoms with Crippen molar-refractivity contribution in [3.8, 4) is 0 Å². The second-order valence-corrected chi connectivity index (χ2v) is 24.7. The molecule has 41 heteroatoms. The molecule has 10 atom stereocenters. The molecule has 0 aliphatic carbocycles. The van der Waals surface area contributed by atoms with Crippen LogP contribution in [0.2, 0.25) is 0 Å². The number of nitrogens with one attached hydrogen (secondary N) is 10. The fraction of sp³-hybridized carbons (Fsp3) is 0.557. The Morgan fingerprint density at radius 1 is 0.618 bits per heavy atom. The van der Waals surface area contributed by atoms with E-state index in [4.69, 9.17) is 34.4 Å². The van der Waals surface area contributed by atoms with Gasteiger partial charge in [0.2, 0.25) is 59.1 Å². The van der Waals surface area contributed by atoms with Gasteiger partial charge in [-0.25, -0.2) is 0 Å². The lowest BCUT2D eigenvalue weighted by Crippen LogP contribution is -2.61. The van der Waals surface area contributed by atoms with Crippen molar-refractivity contribution in [3.63, 3.8) is 0 Å². The van der Waals surface area contributed by atoms with Gasteiger partial charge in [0.05, 0.1) is 21.5 Å². The summed E-state index contributed by atoms with van der Waals surface area (Å²) >= 11 is 1.26. The van der Waals surface area contributed by atoms with Gasteiger partial charge in [-0.3, -0.25) is 92.5 Å². The molecule has 0 bridgehead atoms. The maximum absolute atomic E-state index is 14.6. The molecule has 1 aliphatic heterocycles. The molecular weight excluding hydrogens is 1360 g/mol.